The minimum Gasteiger partial charge on any atom is -0.396 e. The molecule has 0 aliphatic heterocycles. The Balaban J connectivity index is 2.74. The van der Waals surface area contributed by atoms with Crippen molar-refractivity contribution in [3.8, 4) is 0 Å². The van der Waals surface area contributed by atoms with E-state index >= 15 is 0 Å². The van der Waals surface area contributed by atoms with Crippen molar-refractivity contribution < 1.29 is 10.2 Å². The quantitative estimate of drug-likeness (QED) is 0.842. The lowest BCUT2D eigenvalue weighted by Crippen LogP contribution is -1.99. The first-order valence-corrected chi connectivity index (χ1v) is 5.14. The van der Waals surface area contributed by atoms with Crippen LogP contribution in [0.1, 0.15) is 24.5 Å². The molecule has 0 saturated heterocycles. The summed E-state index contributed by atoms with van der Waals surface area (Å²) in [6.45, 7) is 0.0717. The summed E-state index contributed by atoms with van der Waals surface area (Å²) in [6, 6.07) is 4.98. The smallest absolute Gasteiger partial charge is 0.0805 e. The van der Waals surface area contributed by atoms with Crippen LogP contribution in [-0.2, 0) is 0 Å². The molecule has 1 rings (SSSR count). The van der Waals surface area contributed by atoms with E-state index in [4.69, 9.17) is 28.3 Å². The summed E-state index contributed by atoms with van der Waals surface area (Å²) in [5.41, 5.74) is 0.657. The molecule has 14 heavy (non-hydrogen) atoms. The van der Waals surface area contributed by atoms with E-state index in [1.807, 2.05) is 0 Å². The molecule has 0 bridgehead atoms. The van der Waals surface area contributed by atoms with Crippen LogP contribution < -0.4 is 0 Å². The van der Waals surface area contributed by atoms with Crippen LogP contribution in [0, 0.1) is 0 Å². The SMILES string of the molecule is OCCCC(O)c1ccc(Cl)cc1Cl. The molecule has 0 amide bonds. The van der Waals surface area contributed by atoms with E-state index < -0.39 is 6.10 Å². The summed E-state index contributed by atoms with van der Waals surface area (Å²) in [7, 11) is 0. The second-order valence-electron chi connectivity index (χ2n) is 3.05. The zero-order chi connectivity index (χ0) is 10.6. The molecule has 1 unspecified atom stereocenters. The standard InChI is InChI=1S/C10H12Cl2O2/c11-7-3-4-8(9(12)6-7)10(14)2-1-5-13/h3-4,6,10,13-14H,1-2,5H2. The number of aliphatic hydroxyl groups is 2. The van der Waals surface area contributed by atoms with Gasteiger partial charge in [0.05, 0.1) is 6.10 Å². The van der Waals surface area contributed by atoms with Gasteiger partial charge in [-0.3, -0.25) is 0 Å². The third-order valence-electron chi connectivity index (χ3n) is 1.96. The number of halogens is 2. The van der Waals surface area contributed by atoms with Crippen molar-refractivity contribution in [2.45, 2.75) is 18.9 Å². The monoisotopic (exact) mass is 234 g/mol. The van der Waals surface area contributed by atoms with E-state index in [9.17, 15) is 5.11 Å². The Hall–Kier alpha value is -0.280. The molecule has 4 heteroatoms. The highest BCUT2D eigenvalue weighted by molar-refractivity contribution is 6.35. The summed E-state index contributed by atoms with van der Waals surface area (Å²) in [5.74, 6) is 0. The number of aliphatic hydroxyl groups excluding tert-OH is 2. The molecule has 0 aliphatic rings. The van der Waals surface area contributed by atoms with Gasteiger partial charge in [-0.2, -0.15) is 0 Å². The third kappa shape index (κ3) is 3.14. The van der Waals surface area contributed by atoms with Crippen molar-refractivity contribution in [1.29, 1.82) is 0 Å². The Morgan fingerprint density at radius 3 is 2.57 bits per heavy atom. The fraction of sp³-hybridized carbons (Fsp3) is 0.400. The predicted molar refractivity (Wildman–Crippen MR) is 57.7 cm³/mol. The van der Waals surface area contributed by atoms with Gasteiger partial charge in [0.1, 0.15) is 0 Å². The summed E-state index contributed by atoms with van der Waals surface area (Å²) in [4.78, 5) is 0. The lowest BCUT2D eigenvalue weighted by molar-refractivity contribution is 0.152. The molecule has 1 aromatic carbocycles. The van der Waals surface area contributed by atoms with Gasteiger partial charge in [-0.1, -0.05) is 29.3 Å². The second-order valence-corrected chi connectivity index (χ2v) is 3.89. The van der Waals surface area contributed by atoms with Gasteiger partial charge in [-0.25, -0.2) is 0 Å². The highest BCUT2D eigenvalue weighted by Gasteiger charge is 2.10. The van der Waals surface area contributed by atoms with Crippen LogP contribution in [0.25, 0.3) is 0 Å². The molecule has 0 aliphatic carbocycles. The van der Waals surface area contributed by atoms with Gasteiger partial charge in [0.2, 0.25) is 0 Å². The second kappa shape index (κ2) is 5.56. The Bertz CT molecular complexity index is 302. The fourth-order valence-corrected chi connectivity index (χ4v) is 1.75. The van der Waals surface area contributed by atoms with Crippen molar-refractivity contribution in [1.82, 2.24) is 0 Å². The predicted octanol–water partition coefficient (Wildman–Crippen LogP) is 2.80. The van der Waals surface area contributed by atoms with E-state index in [2.05, 4.69) is 0 Å². The lowest BCUT2D eigenvalue weighted by Gasteiger charge is -2.11. The Morgan fingerprint density at radius 2 is 2.00 bits per heavy atom. The van der Waals surface area contributed by atoms with Crippen molar-refractivity contribution in [3.05, 3.63) is 33.8 Å². The first-order chi connectivity index (χ1) is 6.65. The van der Waals surface area contributed by atoms with Crippen LogP contribution in [0.2, 0.25) is 10.0 Å². The number of benzene rings is 1. The topological polar surface area (TPSA) is 40.5 Å². The van der Waals surface area contributed by atoms with E-state index in [1.54, 1.807) is 18.2 Å². The molecule has 1 aromatic rings. The Labute approximate surface area is 93.1 Å². The molecule has 0 aromatic heterocycles. The maximum Gasteiger partial charge on any atom is 0.0805 e. The molecule has 0 radical (unpaired) electrons. The summed E-state index contributed by atoms with van der Waals surface area (Å²) in [5, 5.41) is 19.3. The zero-order valence-electron chi connectivity index (χ0n) is 7.58. The molecule has 0 saturated carbocycles. The lowest BCUT2D eigenvalue weighted by atomic mass is 10.1. The van der Waals surface area contributed by atoms with Gasteiger partial charge < -0.3 is 10.2 Å². The highest BCUT2D eigenvalue weighted by atomic mass is 35.5. The Morgan fingerprint density at radius 1 is 1.29 bits per heavy atom. The van der Waals surface area contributed by atoms with Crippen molar-refractivity contribution in [2.24, 2.45) is 0 Å². The van der Waals surface area contributed by atoms with Crippen molar-refractivity contribution in [3.63, 3.8) is 0 Å². The molecule has 78 valence electrons. The average molecular weight is 235 g/mol. The molecule has 2 N–H and O–H groups in total. The van der Waals surface area contributed by atoms with Crippen molar-refractivity contribution in [2.75, 3.05) is 6.61 Å². The van der Waals surface area contributed by atoms with Crippen molar-refractivity contribution >= 4 is 23.2 Å². The summed E-state index contributed by atoms with van der Waals surface area (Å²) < 4.78 is 0. The number of rotatable bonds is 4. The first kappa shape index (κ1) is 11.8. The van der Waals surface area contributed by atoms with E-state index in [-0.39, 0.29) is 6.61 Å². The third-order valence-corrected chi connectivity index (χ3v) is 2.52. The molecule has 0 fully saturated rings. The van der Waals surface area contributed by atoms with Crippen LogP contribution in [0.15, 0.2) is 18.2 Å². The molecular formula is C10H12Cl2O2. The highest BCUT2D eigenvalue weighted by Crippen LogP contribution is 2.28. The molecule has 2 nitrogen and oxygen atoms in total. The minimum absolute atomic E-state index is 0.0717. The maximum absolute atomic E-state index is 9.68. The molecule has 1 atom stereocenters. The van der Waals surface area contributed by atoms with Gasteiger partial charge in [-0.05, 0) is 30.5 Å². The van der Waals surface area contributed by atoms with Crippen LogP contribution in [0.4, 0.5) is 0 Å². The van der Waals surface area contributed by atoms with E-state index in [1.165, 1.54) is 0 Å². The Kier molecular flexibility index (Phi) is 4.69. The van der Waals surface area contributed by atoms with Gasteiger partial charge in [-0.15, -0.1) is 0 Å². The zero-order valence-corrected chi connectivity index (χ0v) is 9.09. The largest absolute Gasteiger partial charge is 0.396 e. The van der Waals surface area contributed by atoms with Gasteiger partial charge in [0.25, 0.3) is 0 Å². The van der Waals surface area contributed by atoms with Gasteiger partial charge >= 0.3 is 0 Å². The fourth-order valence-electron chi connectivity index (χ4n) is 1.21. The molecule has 0 heterocycles. The maximum atomic E-state index is 9.68. The van der Waals surface area contributed by atoms with E-state index in [0.717, 1.165) is 0 Å². The van der Waals surface area contributed by atoms with Crippen LogP contribution >= 0.6 is 23.2 Å². The van der Waals surface area contributed by atoms with Crippen LogP contribution in [0.3, 0.4) is 0 Å². The van der Waals surface area contributed by atoms with Crippen LogP contribution in [0.5, 0.6) is 0 Å². The number of hydrogen-bond donors (Lipinski definition) is 2. The molecular weight excluding hydrogens is 223 g/mol. The van der Waals surface area contributed by atoms with E-state index in [0.29, 0.717) is 28.5 Å². The number of hydrogen-bond acceptors (Lipinski definition) is 2. The average Bonchev–Trinajstić information content (AvgIpc) is 2.14. The normalized spacial score (nSPS) is 12.9. The first-order valence-electron chi connectivity index (χ1n) is 4.39. The summed E-state index contributed by atoms with van der Waals surface area (Å²) >= 11 is 11.6. The minimum atomic E-state index is -0.632. The molecule has 0 spiro atoms. The van der Waals surface area contributed by atoms with Gasteiger partial charge in [0.15, 0.2) is 0 Å². The van der Waals surface area contributed by atoms with Gasteiger partial charge in [0, 0.05) is 16.7 Å². The van der Waals surface area contributed by atoms with Crippen LogP contribution in [-0.4, -0.2) is 16.8 Å². The summed E-state index contributed by atoms with van der Waals surface area (Å²) in [6.07, 6.45) is 0.421.